The molecule has 0 saturated heterocycles. The molecule has 68 valence electrons. The summed E-state index contributed by atoms with van der Waals surface area (Å²) in [5.74, 6) is 0.493. The molecule has 1 N–H and O–H groups in total. The third kappa shape index (κ3) is 1.81. The maximum absolute atomic E-state index is 11.0. The fraction of sp³-hybridized carbons (Fsp3) is 0.625. The maximum atomic E-state index is 11.0. The molecule has 0 aromatic rings. The highest BCUT2D eigenvalue weighted by molar-refractivity contribution is 8.04. The van der Waals surface area contributed by atoms with Gasteiger partial charge in [-0.2, -0.15) is 0 Å². The second-order valence-corrected chi connectivity index (χ2v) is 3.72. The molecule has 12 heavy (non-hydrogen) atoms. The van der Waals surface area contributed by atoms with Gasteiger partial charge in [-0.3, -0.25) is 0 Å². The second kappa shape index (κ2) is 3.96. The van der Waals surface area contributed by atoms with Crippen LogP contribution in [0.1, 0.15) is 20.3 Å². The predicted molar refractivity (Wildman–Crippen MR) is 47.5 cm³/mol. The zero-order valence-corrected chi connectivity index (χ0v) is 7.98. The number of aliphatic hydroxyl groups is 1. The fourth-order valence-electron chi connectivity index (χ4n) is 0.893. The Balaban J connectivity index is 2.65. The van der Waals surface area contributed by atoms with Crippen LogP contribution < -0.4 is 0 Å². The molecule has 1 heterocycles. The van der Waals surface area contributed by atoms with E-state index in [1.54, 1.807) is 6.92 Å². The molecule has 1 rings (SSSR count). The highest BCUT2D eigenvalue weighted by Crippen LogP contribution is 2.29. The molecule has 1 atom stereocenters. The number of carbonyl (C=O) groups is 1. The van der Waals surface area contributed by atoms with Gasteiger partial charge >= 0.3 is 5.97 Å². The van der Waals surface area contributed by atoms with Crippen LogP contribution in [0.5, 0.6) is 0 Å². The Hall–Kier alpha value is -0.480. The first kappa shape index (κ1) is 9.61. The van der Waals surface area contributed by atoms with E-state index in [2.05, 4.69) is 4.74 Å². The summed E-state index contributed by atoms with van der Waals surface area (Å²) in [7, 11) is 0. The summed E-state index contributed by atoms with van der Waals surface area (Å²) in [5.41, 5.74) is 0.637. The van der Waals surface area contributed by atoms with Gasteiger partial charge in [0.2, 0.25) is 6.29 Å². The summed E-state index contributed by atoms with van der Waals surface area (Å²) < 4.78 is 4.60. The Morgan fingerprint density at radius 2 is 2.33 bits per heavy atom. The average Bonchev–Trinajstić information content (AvgIpc) is 2.25. The molecule has 1 unspecified atom stereocenters. The molecular weight excluding hydrogens is 176 g/mol. The number of esters is 1. The standard InChI is InChI=1S/C8H12O3S/c1-3-4-12-6-5(2)7(9)11-8(6)10/h7,9H,3-4H2,1-2H3. The average molecular weight is 188 g/mol. The van der Waals surface area contributed by atoms with Gasteiger partial charge < -0.3 is 9.84 Å². The first-order chi connectivity index (χ1) is 5.66. The Kier molecular flexibility index (Phi) is 3.17. The fourth-order valence-corrected chi connectivity index (χ4v) is 1.80. The van der Waals surface area contributed by atoms with Gasteiger partial charge in [-0.25, -0.2) is 4.79 Å². The molecule has 3 nitrogen and oxygen atoms in total. The Morgan fingerprint density at radius 1 is 1.67 bits per heavy atom. The van der Waals surface area contributed by atoms with Crippen molar-refractivity contribution in [3.8, 4) is 0 Å². The SMILES string of the molecule is CCCSC1=C(C)C(O)OC1=O. The minimum atomic E-state index is -1.02. The van der Waals surface area contributed by atoms with Crippen molar-refractivity contribution in [2.24, 2.45) is 0 Å². The van der Waals surface area contributed by atoms with Crippen molar-refractivity contribution in [1.29, 1.82) is 0 Å². The minimum absolute atomic E-state index is 0.390. The Morgan fingerprint density at radius 3 is 2.75 bits per heavy atom. The predicted octanol–water partition coefficient (Wildman–Crippen LogP) is 1.28. The first-order valence-electron chi connectivity index (χ1n) is 3.89. The second-order valence-electron chi connectivity index (χ2n) is 2.62. The molecule has 0 aromatic carbocycles. The number of carbonyl (C=O) groups excluding carboxylic acids is 1. The van der Waals surface area contributed by atoms with E-state index in [1.807, 2.05) is 6.92 Å². The molecule has 1 aliphatic heterocycles. The number of ether oxygens (including phenoxy) is 1. The minimum Gasteiger partial charge on any atom is -0.428 e. The lowest BCUT2D eigenvalue weighted by atomic mass is 10.3. The van der Waals surface area contributed by atoms with Gasteiger partial charge in [0.05, 0.1) is 4.91 Å². The van der Waals surface area contributed by atoms with Crippen LogP contribution in [-0.2, 0) is 9.53 Å². The zero-order chi connectivity index (χ0) is 9.14. The van der Waals surface area contributed by atoms with Crippen LogP contribution in [0.15, 0.2) is 10.5 Å². The molecule has 0 radical (unpaired) electrons. The molecular formula is C8H12O3S. The lowest BCUT2D eigenvalue weighted by Gasteiger charge is -1.99. The highest BCUT2D eigenvalue weighted by Gasteiger charge is 2.29. The first-order valence-corrected chi connectivity index (χ1v) is 4.88. The van der Waals surface area contributed by atoms with Crippen LogP contribution in [0, 0.1) is 0 Å². The lowest BCUT2D eigenvalue weighted by Crippen LogP contribution is -2.08. The van der Waals surface area contributed by atoms with E-state index in [9.17, 15) is 4.79 Å². The summed E-state index contributed by atoms with van der Waals surface area (Å²) in [6.07, 6.45) is -0.0120. The largest absolute Gasteiger partial charge is 0.428 e. The van der Waals surface area contributed by atoms with Crippen molar-refractivity contribution in [2.45, 2.75) is 26.6 Å². The van der Waals surface area contributed by atoms with E-state index < -0.39 is 12.3 Å². The molecule has 4 heteroatoms. The third-order valence-electron chi connectivity index (χ3n) is 1.58. The summed E-state index contributed by atoms with van der Waals surface area (Å²) >= 11 is 1.45. The Labute approximate surface area is 75.8 Å². The van der Waals surface area contributed by atoms with Crippen LogP contribution >= 0.6 is 11.8 Å². The molecule has 0 fully saturated rings. The van der Waals surface area contributed by atoms with Gasteiger partial charge in [-0.1, -0.05) is 6.92 Å². The van der Waals surface area contributed by atoms with Crippen molar-refractivity contribution in [1.82, 2.24) is 0 Å². The molecule has 0 amide bonds. The van der Waals surface area contributed by atoms with E-state index >= 15 is 0 Å². The van der Waals surface area contributed by atoms with Crippen LogP contribution in [-0.4, -0.2) is 23.1 Å². The van der Waals surface area contributed by atoms with Gasteiger partial charge in [-0.15, -0.1) is 11.8 Å². The van der Waals surface area contributed by atoms with Crippen LogP contribution in [0.25, 0.3) is 0 Å². The zero-order valence-electron chi connectivity index (χ0n) is 7.16. The van der Waals surface area contributed by atoms with Crippen LogP contribution in [0.2, 0.25) is 0 Å². The van der Waals surface area contributed by atoms with Crippen molar-refractivity contribution in [3.05, 3.63) is 10.5 Å². The number of hydrogen-bond donors (Lipinski definition) is 1. The quantitative estimate of drug-likeness (QED) is 0.678. The summed E-state index contributed by atoms with van der Waals surface area (Å²) in [4.78, 5) is 11.6. The van der Waals surface area contributed by atoms with Gasteiger partial charge in [0.15, 0.2) is 0 Å². The van der Waals surface area contributed by atoms with Crippen molar-refractivity contribution in [2.75, 3.05) is 5.75 Å². The smallest absolute Gasteiger partial charge is 0.347 e. The third-order valence-corrected chi connectivity index (χ3v) is 2.97. The number of rotatable bonds is 3. The lowest BCUT2D eigenvalue weighted by molar-refractivity contribution is -0.151. The molecule has 1 aliphatic rings. The van der Waals surface area contributed by atoms with E-state index in [0.29, 0.717) is 10.5 Å². The van der Waals surface area contributed by atoms with E-state index in [1.165, 1.54) is 11.8 Å². The molecule has 0 aliphatic carbocycles. The van der Waals surface area contributed by atoms with E-state index in [0.717, 1.165) is 12.2 Å². The summed E-state index contributed by atoms with van der Waals surface area (Å²) in [6, 6.07) is 0. The highest BCUT2D eigenvalue weighted by atomic mass is 32.2. The van der Waals surface area contributed by atoms with Gasteiger partial charge in [-0.05, 0) is 19.1 Å². The topological polar surface area (TPSA) is 46.5 Å². The maximum Gasteiger partial charge on any atom is 0.347 e. The van der Waals surface area contributed by atoms with Gasteiger partial charge in [0.1, 0.15) is 0 Å². The summed E-state index contributed by atoms with van der Waals surface area (Å²) in [6.45, 7) is 3.76. The van der Waals surface area contributed by atoms with Crippen LogP contribution in [0.3, 0.4) is 0 Å². The monoisotopic (exact) mass is 188 g/mol. The van der Waals surface area contributed by atoms with Crippen molar-refractivity contribution < 1.29 is 14.6 Å². The molecule has 0 bridgehead atoms. The normalized spacial score (nSPS) is 23.2. The molecule has 0 saturated carbocycles. The molecule has 0 aromatic heterocycles. The number of thioether (sulfide) groups is 1. The summed E-state index contributed by atoms with van der Waals surface area (Å²) in [5, 5.41) is 9.12. The number of cyclic esters (lactones) is 1. The number of aliphatic hydroxyl groups excluding tert-OH is 1. The van der Waals surface area contributed by atoms with Crippen molar-refractivity contribution in [3.63, 3.8) is 0 Å². The van der Waals surface area contributed by atoms with Gasteiger partial charge in [0.25, 0.3) is 0 Å². The van der Waals surface area contributed by atoms with Gasteiger partial charge in [0, 0.05) is 5.57 Å². The van der Waals surface area contributed by atoms with Crippen LogP contribution in [0.4, 0.5) is 0 Å². The van der Waals surface area contributed by atoms with E-state index in [4.69, 9.17) is 5.11 Å². The van der Waals surface area contributed by atoms with E-state index in [-0.39, 0.29) is 0 Å². The molecule has 0 spiro atoms. The number of hydrogen-bond acceptors (Lipinski definition) is 4. The van der Waals surface area contributed by atoms with Crippen molar-refractivity contribution >= 4 is 17.7 Å². The Bertz CT molecular complexity index is 222.